The molecule has 1 aliphatic rings. The van der Waals surface area contributed by atoms with E-state index in [1.807, 2.05) is 0 Å². The molecule has 0 saturated carbocycles. The van der Waals surface area contributed by atoms with Crippen LogP contribution in [0.3, 0.4) is 0 Å². The number of piperidine rings is 1. The molecule has 0 aromatic heterocycles. The predicted molar refractivity (Wildman–Crippen MR) is 41.8 cm³/mol. The zero-order chi connectivity index (χ0) is 6.95. The minimum absolute atomic E-state index is 0. The summed E-state index contributed by atoms with van der Waals surface area (Å²) in [6, 6.07) is 0. The molecule has 0 aliphatic carbocycles. The molecule has 0 bridgehead atoms. The Morgan fingerprint density at radius 1 is 1.00 bits per heavy atom. The minimum atomic E-state index is -0.500. The van der Waals surface area contributed by atoms with Gasteiger partial charge in [0.2, 0.25) is 0 Å². The molecule has 3 N–H and O–H groups in total. The van der Waals surface area contributed by atoms with E-state index in [0.717, 1.165) is 0 Å². The quantitative estimate of drug-likeness (QED) is 0.388. The Kier molecular flexibility index (Phi) is 27.3. The zero-order valence-corrected chi connectivity index (χ0v) is 8.05. The molecule has 61 valence electrons. The van der Waals surface area contributed by atoms with Crippen molar-refractivity contribution in [2.75, 3.05) is 13.1 Å². The normalized spacial score (nSPS) is 14.4. The maximum Gasteiger partial charge on any atom is 2.00 e. The first-order valence-corrected chi connectivity index (χ1v) is 3.18. The van der Waals surface area contributed by atoms with Crippen molar-refractivity contribution in [3.05, 3.63) is 0 Å². The first kappa shape index (κ1) is 17.7. The van der Waals surface area contributed by atoms with Gasteiger partial charge < -0.3 is 20.8 Å². The van der Waals surface area contributed by atoms with E-state index in [4.69, 9.17) is 10.0 Å². The molecule has 11 heavy (non-hydrogen) atoms. The van der Waals surface area contributed by atoms with Crippen LogP contribution in [0.4, 0.5) is 0 Å². The van der Waals surface area contributed by atoms with Crippen LogP contribution in [0, 0.1) is 0 Å². The maximum atomic E-state index is 8.25. The molecule has 0 unspecified atom stereocenters. The third-order valence-electron chi connectivity index (χ3n) is 1.21. The van der Waals surface area contributed by atoms with Crippen LogP contribution in [0.1, 0.15) is 19.3 Å². The van der Waals surface area contributed by atoms with Crippen molar-refractivity contribution in [2.45, 2.75) is 19.3 Å². The van der Waals surface area contributed by atoms with Gasteiger partial charge >= 0.3 is 23.1 Å². The van der Waals surface area contributed by atoms with Crippen LogP contribution < -0.4 is 15.4 Å². The molecular weight excluding hydrogens is 157 g/mol. The summed E-state index contributed by atoms with van der Waals surface area (Å²) in [7, 11) is -0.500. The van der Waals surface area contributed by atoms with Crippen molar-refractivity contribution in [1.29, 1.82) is 0 Å². The number of hydrogen-bond donors (Lipinski definition) is 1. The summed E-state index contributed by atoms with van der Waals surface area (Å²) in [5.41, 5.74) is 0. The average Bonchev–Trinajstić information content (AvgIpc) is 1.93. The molecule has 0 aromatic carbocycles. The van der Waals surface area contributed by atoms with E-state index in [2.05, 4.69) is 5.32 Å². The number of rotatable bonds is 0. The molecule has 1 rings (SSSR count). The Hall–Kier alpha value is 0.671. The molecule has 1 fully saturated rings. The first-order valence-electron chi connectivity index (χ1n) is 3.18. The van der Waals surface area contributed by atoms with Gasteiger partial charge in [-0.1, -0.05) is 6.42 Å². The van der Waals surface area contributed by atoms with Gasteiger partial charge in [-0.2, -0.15) is 0 Å². The van der Waals surface area contributed by atoms with E-state index in [-0.39, 0.29) is 28.5 Å². The molecular formula is C5H13BMgNO3. The Morgan fingerprint density at radius 2 is 1.36 bits per heavy atom. The van der Waals surface area contributed by atoms with Crippen molar-refractivity contribution in [1.82, 2.24) is 5.32 Å². The summed E-state index contributed by atoms with van der Waals surface area (Å²) in [6.07, 6.45) is 4.22. The monoisotopic (exact) mass is 170 g/mol. The topological polar surface area (TPSA) is 89.7 Å². The van der Waals surface area contributed by atoms with Crippen LogP contribution in [0.25, 0.3) is 0 Å². The minimum Gasteiger partial charge on any atom is -0.900 e. The van der Waals surface area contributed by atoms with Crippen LogP contribution in [0.15, 0.2) is 0 Å². The summed E-state index contributed by atoms with van der Waals surface area (Å²) in [6.45, 7) is 2.50. The summed E-state index contributed by atoms with van der Waals surface area (Å²) in [4.78, 5) is 0. The smallest absolute Gasteiger partial charge is 0.900 e. The van der Waals surface area contributed by atoms with E-state index in [9.17, 15) is 0 Å². The molecule has 1 heterocycles. The van der Waals surface area contributed by atoms with Crippen molar-refractivity contribution in [3.63, 3.8) is 0 Å². The fraction of sp³-hybridized carbons (Fsp3) is 1.00. The largest absolute Gasteiger partial charge is 2.00 e. The zero-order valence-electron chi connectivity index (χ0n) is 6.64. The van der Waals surface area contributed by atoms with E-state index >= 15 is 0 Å². The van der Waals surface area contributed by atoms with Gasteiger partial charge in [0.25, 0.3) is 0 Å². The van der Waals surface area contributed by atoms with Gasteiger partial charge in [0.05, 0.1) is 0 Å². The number of nitrogens with one attached hydrogen (secondary N) is 1. The van der Waals surface area contributed by atoms with Crippen molar-refractivity contribution >= 4 is 30.7 Å². The molecule has 1 saturated heterocycles. The summed E-state index contributed by atoms with van der Waals surface area (Å²) >= 11 is 0. The van der Waals surface area contributed by atoms with Gasteiger partial charge in [0.1, 0.15) is 0 Å². The first-order chi connectivity index (χ1) is 4.41. The van der Waals surface area contributed by atoms with Crippen LogP contribution in [-0.2, 0) is 0 Å². The molecule has 0 aromatic rings. The Labute approximate surface area is 84.1 Å². The Balaban J connectivity index is -0.000000116. The third-order valence-corrected chi connectivity index (χ3v) is 1.21. The van der Waals surface area contributed by atoms with E-state index < -0.39 is 7.69 Å². The molecule has 1 aliphatic heterocycles. The van der Waals surface area contributed by atoms with E-state index in [0.29, 0.717) is 0 Å². The van der Waals surface area contributed by atoms with Gasteiger partial charge in [-0.15, -0.1) is 0 Å². The Morgan fingerprint density at radius 3 is 1.45 bits per heavy atom. The molecule has 0 amide bonds. The van der Waals surface area contributed by atoms with Crippen LogP contribution in [-0.4, -0.2) is 49.3 Å². The van der Waals surface area contributed by atoms with Crippen LogP contribution >= 0.6 is 0 Å². The summed E-state index contributed by atoms with van der Waals surface area (Å²) < 4.78 is 0. The molecule has 4 nitrogen and oxygen atoms in total. The summed E-state index contributed by atoms with van der Waals surface area (Å²) in [5, 5.41) is 19.8. The SMILES string of the molecule is C1CCNCC1.O.[Mg+2].[O-][B][O-]. The molecule has 0 spiro atoms. The van der Waals surface area contributed by atoms with Crippen LogP contribution in [0.5, 0.6) is 0 Å². The van der Waals surface area contributed by atoms with Gasteiger partial charge in [0.15, 0.2) is 0 Å². The van der Waals surface area contributed by atoms with E-state index in [1.54, 1.807) is 0 Å². The second kappa shape index (κ2) is 17.0. The molecule has 6 heteroatoms. The third kappa shape index (κ3) is 18.0. The fourth-order valence-electron chi connectivity index (χ4n) is 0.802. The van der Waals surface area contributed by atoms with E-state index in [1.165, 1.54) is 32.4 Å². The van der Waals surface area contributed by atoms with Gasteiger partial charge in [0, 0.05) is 0 Å². The Bertz CT molecular complexity index is 45.5. The van der Waals surface area contributed by atoms with Crippen LogP contribution in [0.2, 0.25) is 0 Å². The average molecular weight is 170 g/mol. The van der Waals surface area contributed by atoms with Gasteiger partial charge in [-0.3, -0.25) is 0 Å². The fourth-order valence-corrected chi connectivity index (χ4v) is 0.802. The second-order valence-corrected chi connectivity index (χ2v) is 1.91. The molecule has 1 radical (unpaired) electrons. The summed E-state index contributed by atoms with van der Waals surface area (Å²) in [5.74, 6) is 0. The maximum absolute atomic E-state index is 8.25. The van der Waals surface area contributed by atoms with Crippen molar-refractivity contribution in [2.24, 2.45) is 0 Å². The van der Waals surface area contributed by atoms with Crippen molar-refractivity contribution in [3.8, 4) is 0 Å². The second-order valence-electron chi connectivity index (χ2n) is 1.91. The number of hydrogen-bond acceptors (Lipinski definition) is 3. The predicted octanol–water partition coefficient (Wildman–Crippen LogP) is -3.20. The van der Waals surface area contributed by atoms with Gasteiger partial charge in [-0.05, 0) is 25.9 Å². The van der Waals surface area contributed by atoms with Gasteiger partial charge in [-0.25, -0.2) is 7.69 Å². The molecule has 0 atom stereocenters. The standard InChI is InChI=1S/C5H11N.BO2.Mg.H2O/c1-2-4-6-5-3-1;2-1-3;;/h6H,1-5H2;;;1H2/q;-2;+2;. The van der Waals surface area contributed by atoms with Crippen molar-refractivity contribution < 1.29 is 15.5 Å².